The van der Waals surface area contributed by atoms with Crippen LogP contribution in [0, 0.1) is 13.8 Å². The lowest BCUT2D eigenvalue weighted by Gasteiger charge is -2.12. The molecule has 1 aliphatic carbocycles. The van der Waals surface area contributed by atoms with E-state index in [1.807, 2.05) is 67.9 Å². The third-order valence-corrected chi connectivity index (χ3v) is 5.80. The second kappa shape index (κ2) is 7.80. The number of carbonyl (C=O) groups excluding carboxylic acids is 1. The van der Waals surface area contributed by atoms with Crippen LogP contribution in [0.25, 0.3) is 5.69 Å². The number of para-hydroxylation sites is 1. The summed E-state index contributed by atoms with van der Waals surface area (Å²) in [5.74, 6) is 1.43. The zero-order valence-electron chi connectivity index (χ0n) is 16.3. The number of rotatable bonds is 6. The number of hydrogen-bond acceptors (Lipinski definition) is 4. The lowest BCUT2D eigenvalue weighted by atomic mass is 10.1. The summed E-state index contributed by atoms with van der Waals surface area (Å²) in [6.45, 7) is 5.94. The lowest BCUT2D eigenvalue weighted by Crippen LogP contribution is -2.23. The number of carbonyl (C=O) groups is 1. The molecule has 1 heterocycles. The van der Waals surface area contributed by atoms with Crippen molar-refractivity contribution in [3.05, 3.63) is 65.5 Å². The van der Waals surface area contributed by atoms with Crippen LogP contribution in [0.4, 0.5) is 5.69 Å². The Morgan fingerprint density at radius 3 is 2.61 bits per heavy atom. The van der Waals surface area contributed by atoms with Crippen LogP contribution < -0.4 is 5.32 Å². The van der Waals surface area contributed by atoms with Gasteiger partial charge in [-0.3, -0.25) is 4.79 Å². The van der Waals surface area contributed by atoms with Gasteiger partial charge in [-0.2, -0.15) is 0 Å². The van der Waals surface area contributed by atoms with Crippen molar-refractivity contribution in [2.75, 3.05) is 5.32 Å². The molecular formula is C22H24N4OS. The molecule has 2 aromatic carbocycles. The Kier molecular flexibility index (Phi) is 5.22. The molecule has 1 aliphatic rings. The summed E-state index contributed by atoms with van der Waals surface area (Å²) >= 11 is 1.40. The maximum absolute atomic E-state index is 12.7. The molecule has 0 saturated heterocycles. The van der Waals surface area contributed by atoms with Crippen LogP contribution in [0.3, 0.4) is 0 Å². The van der Waals surface area contributed by atoms with Crippen LogP contribution in [-0.4, -0.2) is 25.9 Å². The van der Waals surface area contributed by atoms with E-state index in [9.17, 15) is 4.79 Å². The summed E-state index contributed by atoms with van der Waals surface area (Å²) < 4.78 is 1.93. The molecule has 6 heteroatoms. The number of anilines is 1. The van der Waals surface area contributed by atoms with Gasteiger partial charge in [0.25, 0.3) is 0 Å². The maximum atomic E-state index is 12.7. The number of thioether (sulfide) groups is 1. The Balaban J connectivity index is 1.50. The number of hydrogen-bond donors (Lipinski definition) is 1. The summed E-state index contributed by atoms with van der Waals surface area (Å²) in [6.07, 6.45) is 2.30. The van der Waals surface area contributed by atoms with Crippen LogP contribution in [-0.2, 0) is 4.79 Å². The fourth-order valence-corrected chi connectivity index (χ4v) is 3.88. The summed E-state index contributed by atoms with van der Waals surface area (Å²) in [6, 6.07) is 16.1. The van der Waals surface area contributed by atoms with Gasteiger partial charge < -0.3 is 5.32 Å². The van der Waals surface area contributed by atoms with E-state index in [2.05, 4.69) is 16.5 Å². The van der Waals surface area contributed by atoms with E-state index in [1.54, 1.807) is 0 Å². The number of benzene rings is 2. The average molecular weight is 393 g/mol. The summed E-state index contributed by atoms with van der Waals surface area (Å²) in [4.78, 5) is 17.4. The van der Waals surface area contributed by atoms with Gasteiger partial charge in [-0.1, -0.05) is 47.7 Å². The van der Waals surface area contributed by atoms with Crippen molar-refractivity contribution in [1.82, 2.24) is 14.8 Å². The molecule has 1 N–H and O–H groups in total. The Bertz CT molecular complexity index is 995. The first kappa shape index (κ1) is 18.7. The van der Waals surface area contributed by atoms with Crippen molar-refractivity contribution in [2.45, 2.75) is 49.9 Å². The molecule has 1 aromatic heterocycles. The van der Waals surface area contributed by atoms with Gasteiger partial charge in [0, 0.05) is 11.6 Å². The SMILES string of the molecule is Cc1ccc(NC(=O)[C@H](C)Sc2nc(C3CC3)n(-c3ccccc3)n2)c(C)c1. The zero-order chi connectivity index (χ0) is 19.7. The number of amides is 1. The summed E-state index contributed by atoms with van der Waals surface area (Å²) in [5, 5.41) is 8.07. The fraction of sp³-hybridized carbons (Fsp3) is 0.318. The van der Waals surface area contributed by atoms with Gasteiger partial charge in [0.1, 0.15) is 5.82 Å². The molecule has 28 heavy (non-hydrogen) atoms. The Labute approximate surface area is 169 Å². The molecule has 1 amide bonds. The average Bonchev–Trinajstić information content (AvgIpc) is 3.45. The van der Waals surface area contributed by atoms with Crippen LogP contribution >= 0.6 is 11.8 Å². The van der Waals surface area contributed by atoms with Gasteiger partial charge in [-0.05, 0) is 57.4 Å². The van der Waals surface area contributed by atoms with E-state index in [-0.39, 0.29) is 11.2 Å². The molecule has 0 unspecified atom stereocenters. The second-order valence-corrected chi connectivity index (χ2v) is 8.65. The van der Waals surface area contributed by atoms with E-state index >= 15 is 0 Å². The van der Waals surface area contributed by atoms with Crippen molar-refractivity contribution < 1.29 is 4.79 Å². The van der Waals surface area contributed by atoms with E-state index < -0.39 is 0 Å². The highest BCUT2D eigenvalue weighted by Gasteiger charge is 2.31. The first-order valence-electron chi connectivity index (χ1n) is 9.58. The molecule has 1 fully saturated rings. The summed E-state index contributed by atoms with van der Waals surface area (Å²) in [7, 11) is 0. The minimum Gasteiger partial charge on any atom is -0.325 e. The zero-order valence-corrected chi connectivity index (χ0v) is 17.2. The van der Waals surface area contributed by atoms with Crippen molar-refractivity contribution in [3.63, 3.8) is 0 Å². The number of aromatic nitrogens is 3. The van der Waals surface area contributed by atoms with Gasteiger partial charge in [0.15, 0.2) is 0 Å². The molecule has 3 aromatic rings. The first-order chi connectivity index (χ1) is 13.5. The third kappa shape index (κ3) is 4.12. The summed E-state index contributed by atoms with van der Waals surface area (Å²) in [5.41, 5.74) is 4.11. The maximum Gasteiger partial charge on any atom is 0.237 e. The first-order valence-corrected chi connectivity index (χ1v) is 10.5. The van der Waals surface area contributed by atoms with Crippen LogP contribution in [0.2, 0.25) is 0 Å². The van der Waals surface area contributed by atoms with Gasteiger partial charge in [-0.25, -0.2) is 9.67 Å². The Morgan fingerprint density at radius 1 is 1.18 bits per heavy atom. The van der Waals surface area contributed by atoms with Crippen molar-refractivity contribution >= 4 is 23.4 Å². The number of nitrogens with one attached hydrogen (secondary N) is 1. The highest BCUT2D eigenvalue weighted by atomic mass is 32.2. The fourth-order valence-electron chi connectivity index (χ4n) is 3.12. The Morgan fingerprint density at radius 2 is 1.93 bits per heavy atom. The predicted octanol–water partition coefficient (Wildman–Crippen LogP) is 4.88. The lowest BCUT2D eigenvalue weighted by molar-refractivity contribution is -0.115. The topological polar surface area (TPSA) is 59.8 Å². The minimum absolute atomic E-state index is 0.0408. The molecule has 0 bridgehead atoms. The molecule has 4 rings (SSSR count). The number of nitrogens with zero attached hydrogens (tertiary/aromatic N) is 3. The largest absolute Gasteiger partial charge is 0.325 e. The molecule has 5 nitrogen and oxygen atoms in total. The van der Waals surface area contributed by atoms with Gasteiger partial charge >= 0.3 is 0 Å². The normalized spacial score (nSPS) is 14.7. The number of aryl methyl sites for hydroxylation is 2. The monoisotopic (exact) mass is 392 g/mol. The van der Waals surface area contributed by atoms with Crippen molar-refractivity contribution in [3.8, 4) is 5.69 Å². The molecule has 0 radical (unpaired) electrons. The van der Waals surface area contributed by atoms with Gasteiger partial charge in [0.05, 0.1) is 10.9 Å². The molecule has 0 aliphatic heterocycles. The van der Waals surface area contributed by atoms with Gasteiger partial charge in [-0.15, -0.1) is 5.10 Å². The molecule has 144 valence electrons. The Hall–Kier alpha value is -2.60. The third-order valence-electron chi connectivity index (χ3n) is 4.85. The van der Waals surface area contributed by atoms with Gasteiger partial charge in [0.2, 0.25) is 11.1 Å². The molecular weight excluding hydrogens is 368 g/mol. The predicted molar refractivity (Wildman–Crippen MR) is 113 cm³/mol. The van der Waals surface area contributed by atoms with Crippen molar-refractivity contribution in [1.29, 1.82) is 0 Å². The van der Waals surface area contributed by atoms with Crippen LogP contribution in [0.15, 0.2) is 53.7 Å². The molecule has 1 saturated carbocycles. The van der Waals surface area contributed by atoms with Crippen LogP contribution in [0.1, 0.15) is 42.6 Å². The van der Waals surface area contributed by atoms with Crippen LogP contribution in [0.5, 0.6) is 0 Å². The standard InChI is InChI=1S/C22H24N4OS/c1-14-9-12-19(15(2)13-14)23-21(27)16(3)28-22-24-20(17-10-11-17)26(25-22)18-7-5-4-6-8-18/h4-9,12-13,16-17H,10-11H2,1-3H3,(H,23,27)/t16-/m0/s1. The minimum atomic E-state index is -0.292. The van der Waals surface area contributed by atoms with E-state index in [4.69, 9.17) is 4.98 Å². The highest BCUT2D eigenvalue weighted by molar-refractivity contribution is 8.00. The highest BCUT2D eigenvalue weighted by Crippen LogP contribution is 2.40. The quantitative estimate of drug-likeness (QED) is 0.607. The van der Waals surface area contributed by atoms with E-state index in [0.29, 0.717) is 11.1 Å². The van der Waals surface area contributed by atoms with E-state index in [0.717, 1.165) is 35.6 Å². The van der Waals surface area contributed by atoms with E-state index in [1.165, 1.54) is 17.3 Å². The smallest absolute Gasteiger partial charge is 0.237 e. The molecule has 0 spiro atoms. The van der Waals surface area contributed by atoms with Crippen molar-refractivity contribution in [2.24, 2.45) is 0 Å². The second-order valence-electron chi connectivity index (χ2n) is 7.34. The molecule has 1 atom stereocenters.